The normalized spacial score (nSPS) is 11.9. The third-order valence-corrected chi connectivity index (χ3v) is 3.12. The van der Waals surface area contributed by atoms with E-state index in [9.17, 15) is 17.6 Å². The number of nitrogens with zero attached hydrogens (tertiary/aromatic N) is 1. The molecule has 0 aliphatic carbocycles. The Morgan fingerprint density at radius 1 is 0.955 bits per heavy atom. The molecular weight excluding hydrogens is 302 g/mol. The summed E-state index contributed by atoms with van der Waals surface area (Å²) in [6.45, 7) is 0. The Hall–Kier alpha value is -2.57. The summed E-state index contributed by atoms with van der Waals surface area (Å²) >= 11 is 0. The summed E-state index contributed by atoms with van der Waals surface area (Å²) in [7, 11) is 1.38. The lowest BCUT2D eigenvalue weighted by molar-refractivity contribution is -0.274. The van der Waals surface area contributed by atoms with Crippen LogP contribution in [0.4, 0.5) is 17.6 Å². The first-order chi connectivity index (χ1) is 10.4. The molecule has 0 fully saturated rings. The highest BCUT2D eigenvalue weighted by Crippen LogP contribution is 2.34. The van der Waals surface area contributed by atoms with Gasteiger partial charge in [-0.15, -0.1) is 13.2 Å². The smallest absolute Gasteiger partial charge is 0.481 e. The van der Waals surface area contributed by atoms with Gasteiger partial charge in [0.1, 0.15) is 11.6 Å². The molecule has 3 rings (SSSR count). The van der Waals surface area contributed by atoms with E-state index >= 15 is 0 Å². The molecule has 0 saturated carbocycles. The topological polar surface area (TPSA) is 31.4 Å². The van der Waals surface area contributed by atoms with Gasteiger partial charge >= 0.3 is 6.36 Å². The SMILES string of the molecule is COc1nc2cc(OC(F)(F)F)ccc2c2cc(F)ccc12. The Kier molecular flexibility index (Phi) is 3.27. The van der Waals surface area contributed by atoms with E-state index in [0.29, 0.717) is 16.2 Å². The van der Waals surface area contributed by atoms with Crippen LogP contribution in [0.1, 0.15) is 0 Å². The zero-order valence-electron chi connectivity index (χ0n) is 11.2. The quantitative estimate of drug-likeness (QED) is 0.518. The van der Waals surface area contributed by atoms with Gasteiger partial charge < -0.3 is 9.47 Å². The number of aromatic nitrogens is 1. The molecule has 22 heavy (non-hydrogen) atoms. The van der Waals surface area contributed by atoms with Gasteiger partial charge in [-0.25, -0.2) is 9.37 Å². The number of halogens is 4. The third-order valence-electron chi connectivity index (χ3n) is 3.12. The first-order valence-corrected chi connectivity index (χ1v) is 6.20. The minimum absolute atomic E-state index is 0.201. The van der Waals surface area contributed by atoms with Gasteiger partial charge in [0, 0.05) is 16.8 Å². The van der Waals surface area contributed by atoms with Crippen molar-refractivity contribution in [2.75, 3.05) is 7.11 Å². The molecular formula is C15H9F4NO2. The van der Waals surface area contributed by atoms with Crippen molar-refractivity contribution < 1.29 is 27.0 Å². The molecule has 0 spiro atoms. The molecule has 7 heteroatoms. The lowest BCUT2D eigenvalue weighted by Crippen LogP contribution is -2.17. The van der Waals surface area contributed by atoms with Crippen LogP contribution in [0.2, 0.25) is 0 Å². The summed E-state index contributed by atoms with van der Waals surface area (Å²) in [5.74, 6) is -0.658. The fraction of sp³-hybridized carbons (Fsp3) is 0.133. The van der Waals surface area contributed by atoms with E-state index in [1.54, 1.807) is 0 Å². The Balaban J connectivity index is 2.27. The van der Waals surface area contributed by atoms with Crippen molar-refractivity contribution in [3.8, 4) is 11.6 Å². The Bertz CT molecular complexity index is 861. The zero-order chi connectivity index (χ0) is 15.9. The van der Waals surface area contributed by atoms with E-state index in [1.807, 2.05) is 0 Å². The van der Waals surface area contributed by atoms with Gasteiger partial charge in [-0.3, -0.25) is 0 Å². The van der Waals surface area contributed by atoms with Crippen molar-refractivity contribution in [1.29, 1.82) is 0 Å². The minimum atomic E-state index is -4.79. The van der Waals surface area contributed by atoms with Crippen LogP contribution in [0.3, 0.4) is 0 Å². The van der Waals surface area contributed by atoms with Crippen LogP contribution < -0.4 is 9.47 Å². The van der Waals surface area contributed by atoms with Gasteiger partial charge in [-0.2, -0.15) is 0 Å². The van der Waals surface area contributed by atoms with E-state index in [-0.39, 0.29) is 11.4 Å². The van der Waals surface area contributed by atoms with E-state index in [2.05, 4.69) is 9.72 Å². The molecule has 0 atom stereocenters. The van der Waals surface area contributed by atoms with Crippen molar-refractivity contribution in [3.63, 3.8) is 0 Å². The van der Waals surface area contributed by atoms with E-state index in [4.69, 9.17) is 4.74 Å². The highest BCUT2D eigenvalue weighted by Gasteiger charge is 2.31. The predicted octanol–water partition coefficient (Wildman–Crippen LogP) is 4.43. The molecule has 0 aliphatic heterocycles. The standard InChI is InChI=1S/C15H9F4NO2/c1-21-14-11-4-2-8(16)6-12(11)10-5-3-9(7-13(10)20-14)22-15(17,18)19/h2-7H,1H3. The van der Waals surface area contributed by atoms with E-state index < -0.39 is 17.9 Å². The van der Waals surface area contributed by atoms with Crippen molar-refractivity contribution >= 4 is 21.7 Å². The molecule has 0 aliphatic rings. The Labute approximate surface area is 122 Å². The van der Waals surface area contributed by atoms with Crippen LogP contribution >= 0.6 is 0 Å². The third kappa shape index (κ3) is 2.61. The maximum absolute atomic E-state index is 13.5. The minimum Gasteiger partial charge on any atom is -0.481 e. The number of hydrogen-bond acceptors (Lipinski definition) is 3. The number of ether oxygens (including phenoxy) is 2. The molecule has 0 N–H and O–H groups in total. The van der Waals surface area contributed by atoms with Crippen LogP contribution in [0.25, 0.3) is 21.7 Å². The largest absolute Gasteiger partial charge is 0.573 e. The Morgan fingerprint density at radius 3 is 2.36 bits per heavy atom. The fourth-order valence-electron chi connectivity index (χ4n) is 2.28. The maximum atomic E-state index is 13.5. The number of pyridine rings is 1. The molecule has 0 saturated heterocycles. The second-order valence-corrected chi connectivity index (χ2v) is 4.54. The molecule has 0 radical (unpaired) electrons. The van der Waals surface area contributed by atoms with Gasteiger partial charge in [0.15, 0.2) is 0 Å². The number of rotatable bonds is 2. The van der Waals surface area contributed by atoms with Gasteiger partial charge in [0.2, 0.25) is 5.88 Å². The number of fused-ring (bicyclic) bond motifs is 3. The van der Waals surface area contributed by atoms with Gasteiger partial charge in [-0.05, 0) is 35.7 Å². The van der Waals surface area contributed by atoms with Crippen LogP contribution in [0.15, 0.2) is 36.4 Å². The average Bonchev–Trinajstić information content (AvgIpc) is 2.44. The molecule has 114 valence electrons. The summed E-state index contributed by atoms with van der Waals surface area (Å²) in [6, 6.07) is 7.76. The summed E-state index contributed by atoms with van der Waals surface area (Å²) in [5, 5.41) is 1.58. The van der Waals surface area contributed by atoms with Crippen LogP contribution in [0.5, 0.6) is 11.6 Å². The maximum Gasteiger partial charge on any atom is 0.573 e. The number of alkyl halides is 3. The molecule has 0 unspecified atom stereocenters. The van der Waals surface area contributed by atoms with Gasteiger partial charge in [0.25, 0.3) is 0 Å². The lowest BCUT2D eigenvalue weighted by atomic mass is 10.1. The van der Waals surface area contributed by atoms with Gasteiger partial charge in [0.05, 0.1) is 12.6 Å². The van der Waals surface area contributed by atoms with Gasteiger partial charge in [-0.1, -0.05) is 0 Å². The van der Waals surface area contributed by atoms with Crippen LogP contribution in [-0.4, -0.2) is 18.5 Å². The molecule has 3 nitrogen and oxygen atoms in total. The van der Waals surface area contributed by atoms with Crippen LogP contribution in [0, 0.1) is 5.82 Å². The van der Waals surface area contributed by atoms with Crippen LogP contribution in [-0.2, 0) is 0 Å². The summed E-state index contributed by atoms with van der Waals surface area (Å²) < 4.78 is 59.3. The van der Waals surface area contributed by atoms with Crippen molar-refractivity contribution in [3.05, 3.63) is 42.2 Å². The molecule has 1 aromatic heterocycles. The molecule has 3 aromatic rings. The summed E-state index contributed by atoms with van der Waals surface area (Å²) in [5.41, 5.74) is 0.219. The lowest BCUT2D eigenvalue weighted by Gasteiger charge is -2.11. The molecule has 0 amide bonds. The van der Waals surface area contributed by atoms with Crippen molar-refractivity contribution in [2.24, 2.45) is 0 Å². The summed E-state index contributed by atoms with van der Waals surface area (Å²) in [6.07, 6.45) is -4.79. The van der Waals surface area contributed by atoms with Crippen molar-refractivity contribution in [1.82, 2.24) is 4.98 Å². The monoisotopic (exact) mass is 311 g/mol. The highest BCUT2D eigenvalue weighted by atomic mass is 19.4. The highest BCUT2D eigenvalue weighted by molar-refractivity contribution is 6.08. The Morgan fingerprint density at radius 2 is 1.68 bits per heavy atom. The van der Waals surface area contributed by atoms with Crippen molar-refractivity contribution in [2.45, 2.75) is 6.36 Å². The number of hydrogen-bond donors (Lipinski definition) is 0. The molecule has 1 heterocycles. The molecule has 0 bridgehead atoms. The van der Waals surface area contributed by atoms with E-state index in [1.165, 1.54) is 31.4 Å². The number of benzene rings is 2. The average molecular weight is 311 g/mol. The second kappa shape index (κ2) is 5.01. The summed E-state index contributed by atoms with van der Waals surface area (Å²) in [4.78, 5) is 4.15. The number of methoxy groups -OCH3 is 1. The predicted molar refractivity (Wildman–Crippen MR) is 72.4 cm³/mol. The molecule has 2 aromatic carbocycles. The fourth-order valence-corrected chi connectivity index (χ4v) is 2.28. The first kappa shape index (κ1) is 14.4. The second-order valence-electron chi connectivity index (χ2n) is 4.54. The van der Waals surface area contributed by atoms with E-state index in [0.717, 1.165) is 12.1 Å². The zero-order valence-corrected chi connectivity index (χ0v) is 11.2. The first-order valence-electron chi connectivity index (χ1n) is 6.20.